The Kier molecular flexibility index (Phi) is 2.82. The number of pyridine rings is 1. The monoisotopic (exact) mass is 248 g/mol. The molecule has 1 aliphatic heterocycles. The van der Waals surface area contributed by atoms with E-state index in [4.69, 9.17) is 11.6 Å². The van der Waals surface area contributed by atoms with Crippen LogP contribution in [0.3, 0.4) is 0 Å². The Bertz CT molecular complexity index is 505. The van der Waals surface area contributed by atoms with E-state index in [1.807, 2.05) is 30.7 Å². The van der Waals surface area contributed by atoms with E-state index in [0.29, 0.717) is 5.15 Å². The van der Waals surface area contributed by atoms with Crippen molar-refractivity contribution in [1.29, 1.82) is 0 Å². The fourth-order valence-corrected chi connectivity index (χ4v) is 2.23. The van der Waals surface area contributed by atoms with Gasteiger partial charge >= 0.3 is 0 Å². The number of fused-ring (bicyclic) bond motifs is 1. The highest BCUT2D eigenvalue weighted by atomic mass is 35.5. The summed E-state index contributed by atoms with van der Waals surface area (Å²) in [4.78, 5) is 10.8. The molecule has 0 amide bonds. The van der Waals surface area contributed by atoms with E-state index >= 15 is 0 Å². The molecule has 17 heavy (non-hydrogen) atoms. The summed E-state index contributed by atoms with van der Waals surface area (Å²) >= 11 is 5.77. The highest BCUT2D eigenvalue weighted by molar-refractivity contribution is 6.29. The molecule has 0 saturated heterocycles. The molecule has 0 bridgehead atoms. The van der Waals surface area contributed by atoms with Crippen molar-refractivity contribution in [2.45, 2.75) is 19.6 Å². The van der Waals surface area contributed by atoms with Gasteiger partial charge in [0.05, 0.1) is 6.54 Å². The van der Waals surface area contributed by atoms with E-state index < -0.39 is 0 Å². The van der Waals surface area contributed by atoms with Crippen LogP contribution >= 0.6 is 11.6 Å². The maximum Gasteiger partial charge on any atom is 0.129 e. The second-order valence-corrected chi connectivity index (χ2v) is 4.62. The van der Waals surface area contributed by atoms with Crippen LogP contribution in [0.25, 0.3) is 0 Å². The molecule has 2 aromatic heterocycles. The summed E-state index contributed by atoms with van der Waals surface area (Å²) in [6.07, 6.45) is 5.74. The Hall–Kier alpha value is -1.39. The number of imidazole rings is 1. The number of hydrogen-bond donors (Lipinski definition) is 0. The fraction of sp³-hybridized carbons (Fsp3) is 0.333. The molecule has 2 aromatic rings. The van der Waals surface area contributed by atoms with Gasteiger partial charge in [-0.1, -0.05) is 17.7 Å². The second kappa shape index (κ2) is 4.47. The molecule has 0 atom stereocenters. The average Bonchev–Trinajstić information content (AvgIpc) is 2.79. The predicted octanol–water partition coefficient (Wildman–Crippen LogP) is 1.95. The van der Waals surface area contributed by atoms with Crippen molar-refractivity contribution < 1.29 is 0 Å². The van der Waals surface area contributed by atoms with Gasteiger partial charge in [-0.2, -0.15) is 0 Å². The van der Waals surface area contributed by atoms with E-state index in [2.05, 4.69) is 19.4 Å². The third-order valence-electron chi connectivity index (χ3n) is 3.02. The minimum atomic E-state index is 0.544. The SMILES string of the molecule is Clc1ccc(CN2CCn3ccnc3C2)cn1. The van der Waals surface area contributed by atoms with E-state index in [0.717, 1.165) is 32.0 Å². The van der Waals surface area contributed by atoms with Crippen LogP contribution in [0.15, 0.2) is 30.7 Å². The Morgan fingerprint density at radius 3 is 3.00 bits per heavy atom. The molecule has 0 radical (unpaired) electrons. The van der Waals surface area contributed by atoms with Gasteiger partial charge in [0.2, 0.25) is 0 Å². The predicted molar refractivity (Wildman–Crippen MR) is 65.6 cm³/mol. The zero-order valence-corrected chi connectivity index (χ0v) is 10.1. The molecular formula is C12H13ClN4. The summed E-state index contributed by atoms with van der Waals surface area (Å²) in [5.74, 6) is 1.14. The lowest BCUT2D eigenvalue weighted by Crippen LogP contribution is -2.33. The first-order valence-electron chi connectivity index (χ1n) is 5.64. The molecule has 3 heterocycles. The van der Waals surface area contributed by atoms with Gasteiger partial charge in [-0.25, -0.2) is 9.97 Å². The van der Waals surface area contributed by atoms with E-state index in [-0.39, 0.29) is 0 Å². The molecule has 1 aliphatic rings. The van der Waals surface area contributed by atoms with Gasteiger partial charge in [-0.3, -0.25) is 4.90 Å². The van der Waals surface area contributed by atoms with Crippen molar-refractivity contribution in [3.05, 3.63) is 47.3 Å². The van der Waals surface area contributed by atoms with E-state index in [1.54, 1.807) is 0 Å². The van der Waals surface area contributed by atoms with Crippen molar-refractivity contribution in [1.82, 2.24) is 19.4 Å². The topological polar surface area (TPSA) is 34.0 Å². The van der Waals surface area contributed by atoms with Crippen molar-refractivity contribution in [2.24, 2.45) is 0 Å². The lowest BCUT2D eigenvalue weighted by atomic mass is 10.2. The van der Waals surface area contributed by atoms with E-state index in [9.17, 15) is 0 Å². The van der Waals surface area contributed by atoms with Crippen molar-refractivity contribution in [2.75, 3.05) is 6.54 Å². The number of rotatable bonds is 2. The van der Waals surface area contributed by atoms with E-state index in [1.165, 1.54) is 5.56 Å². The minimum absolute atomic E-state index is 0.544. The summed E-state index contributed by atoms with van der Waals surface area (Å²) in [5, 5.41) is 0.544. The van der Waals surface area contributed by atoms with Gasteiger partial charge in [-0.15, -0.1) is 0 Å². The number of halogens is 1. The first kappa shape index (κ1) is 10.7. The Morgan fingerprint density at radius 1 is 1.24 bits per heavy atom. The molecule has 5 heteroatoms. The molecule has 0 aliphatic carbocycles. The van der Waals surface area contributed by atoms with Gasteiger partial charge < -0.3 is 4.57 Å². The Labute approximate surface area is 105 Å². The maximum atomic E-state index is 5.77. The molecule has 0 unspecified atom stereocenters. The fourth-order valence-electron chi connectivity index (χ4n) is 2.12. The standard InChI is InChI=1S/C12H13ClN4/c13-11-2-1-10(7-15-11)8-16-5-6-17-4-3-14-12(17)9-16/h1-4,7H,5-6,8-9H2. The van der Waals surface area contributed by atoms with Crippen LogP contribution in [-0.4, -0.2) is 26.0 Å². The first-order chi connectivity index (χ1) is 8.31. The van der Waals surface area contributed by atoms with Gasteiger partial charge in [0.1, 0.15) is 11.0 Å². The summed E-state index contributed by atoms with van der Waals surface area (Å²) in [7, 11) is 0. The quantitative estimate of drug-likeness (QED) is 0.762. The van der Waals surface area contributed by atoms with Crippen LogP contribution in [0, 0.1) is 0 Å². The third kappa shape index (κ3) is 2.33. The lowest BCUT2D eigenvalue weighted by molar-refractivity contribution is 0.208. The van der Waals surface area contributed by atoms with Gasteiger partial charge in [-0.05, 0) is 11.6 Å². The van der Waals surface area contributed by atoms with Crippen LogP contribution in [0.5, 0.6) is 0 Å². The van der Waals surface area contributed by atoms with Crippen LogP contribution in [0.4, 0.5) is 0 Å². The van der Waals surface area contributed by atoms with Crippen LogP contribution in [-0.2, 0) is 19.6 Å². The van der Waals surface area contributed by atoms with Crippen LogP contribution in [0.2, 0.25) is 5.15 Å². The lowest BCUT2D eigenvalue weighted by Gasteiger charge is -2.27. The summed E-state index contributed by atoms with van der Waals surface area (Å²) in [6.45, 7) is 3.86. The Morgan fingerprint density at radius 2 is 2.18 bits per heavy atom. The average molecular weight is 249 g/mol. The summed E-state index contributed by atoms with van der Waals surface area (Å²) in [5.41, 5.74) is 1.19. The number of aromatic nitrogens is 3. The smallest absolute Gasteiger partial charge is 0.129 e. The van der Waals surface area contributed by atoms with Crippen LogP contribution < -0.4 is 0 Å². The third-order valence-corrected chi connectivity index (χ3v) is 3.24. The molecule has 0 spiro atoms. The van der Waals surface area contributed by atoms with Gasteiger partial charge in [0.15, 0.2) is 0 Å². The maximum absolute atomic E-state index is 5.77. The molecule has 0 saturated carbocycles. The molecule has 0 aromatic carbocycles. The zero-order valence-electron chi connectivity index (χ0n) is 9.38. The van der Waals surface area contributed by atoms with Crippen molar-refractivity contribution in [3.8, 4) is 0 Å². The molecule has 0 N–H and O–H groups in total. The summed E-state index contributed by atoms with van der Waals surface area (Å²) in [6, 6.07) is 3.86. The van der Waals surface area contributed by atoms with Crippen molar-refractivity contribution in [3.63, 3.8) is 0 Å². The van der Waals surface area contributed by atoms with Gasteiger partial charge in [0.25, 0.3) is 0 Å². The van der Waals surface area contributed by atoms with Crippen LogP contribution in [0.1, 0.15) is 11.4 Å². The first-order valence-corrected chi connectivity index (χ1v) is 6.02. The summed E-state index contributed by atoms with van der Waals surface area (Å²) < 4.78 is 2.20. The van der Waals surface area contributed by atoms with Crippen molar-refractivity contribution >= 4 is 11.6 Å². The highest BCUT2D eigenvalue weighted by Gasteiger charge is 2.16. The molecular weight excluding hydrogens is 236 g/mol. The largest absolute Gasteiger partial charge is 0.333 e. The number of hydrogen-bond acceptors (Lipinski definition) is 3. The number of nitrogens with zero attached hydrogens (tertiary/aromatic N) is 4. The zero-order chi connectivity index (χ0) is 11.7. The molecule has 88 valence electrons. The molecule has 0 fully saturated rings. The Balaban J connectivity index is 1.69. The highest BCUT2D eigenvalue weighted by Crippen LogP contribution is 2.14. The normalized spacial score (nSPS) is 15.8. The molecule has 3 rings (SSSR count). The second-order valence-electron chi connectivity index (χ2n) is 4.24. The molecule has 4 nitrogen and oxygen atoms in total. The minimum Gasteiger partial charge on any atom is -0.333 e. The van der Waals surface area contributed by atoms with Gasteiger partial charge in [0, 0.05) is 38.2 Å².